The smallest absolute Gasteiger partial charge is 0.102 e. The van der Waals surface area contributed by atoms with Crippen molar-refractivity contribution in [3.05, 3.63) is 35.5 Å². The van der Waals surface area contributed by atoms with Crippen molar-refractivity contribution >= 4 is 34.4 Å². The maximum Gasteiger partial charge on any atom is 0.102 e. The van der Waals surface area contributed by atoms with Gasteiger partial charge in [0.1, 0.15) is 4.08 Å². The van der Waals surface area contributed by atoms with Crippen LogP contribution in [0, 0.1) is 5.41 Å². The maximum absolute atomic E-state index is 3.90. The average Bonchev–Trinajstić information content (AvgIpc) is 3.03. The summed E-state index contributed by atoms with van der Waals surface area (Å²) in [7, 11) is 2.36. The molecule has 2 nitrogen and oxygen atoms in total. The second kappa shape index (κ2) is 5.97. The molecule has 2 saturated heterocycles. The van der Waals surface area contributed by atoms with Crippen LogP contribution in [-0.4, -0.2) is 35.0 Å². The molecule has 0 radical (unpaired) electrons. The quantitative estimate of drug-likeness (QED) is 0.687. The molecule has 25 heavy (non-hydrogen) atoms. The van der Waals surface area contributed by atoms with Crippen molar-refractivity contribution in [2.45, 2.75) is 49.1 Å². The van der Waals surface area contributed by atoms with Crippen molar-refractivity contribution < 1.29 is 0 Å². The van der Waals surface area contributed by atoms with Gasteiger partial charge in [-0.15, -0.1) is 23.5 Å². The van der Waals surface area contributed by atoms with Crippen LogP contribution in [0.2, 0.25) is 0 Å². The van der Waals surface area contributed by atoms with Crippen molar-refractivity contribution in [3.8, 4) is 0 Å². The van der Waals surface area contributed by atoms with E-state index in [-0.39, 0.29) is 4.08 Å². The van der Waals surface area contributed by atoms with Crippen LogP contribution in [-0.2, 0) is 4.08 Å². The Morgan fingerprint density at radius 2 is 2.00 bits per heavy atom. The topological polar surface area (TPSA) is 19.0 Å². The second-order valence-corrected chi connectivity index (χ2v) is 11.2. The Balaban J connectivity index is 1.80. The fourth-order valence-corrected chi connectivity index (χ4v) is 9.38. The van der Waals surface area contributed by atoms with Gasteiger partial charge in [-0.3, -0.25) is 4.90 Å². The van der Waals surface area contributed by atoms with E-state index in [1.807, 2.05) is 0 Å². The van der Waals surface area contributed by atoms with E-state index < -0.39 is 0 Å². The number of thioether (sulfide) groups is 2. The van der Waals surface area contributed by atoms with Crippen LogP contribution in [0.1, 0.15) is 56.3 Å². The highest BCUT2D eigenvalue weighted by molar-refractivity contribution is 8.18. The van der Waals surface area contributed by atoms with E-state index >= 15 is 0 Å². The Bertz CT molecular complexity index is 792. The molecule has 2 atom stereocenters. The number of aromatic amines is 1. The van der Waals surface area contributed by atoms with Gasteiger partial charge in [-0.05, 0) is 68.7 Å². The zero-order valence-electron chi connectivity index (χ0n) is 15.3. The normalized spacial score (nSPS) is 31.8. The summed E-state index contributed by atoms with van der Waals surface area (Å²) >= 11 is 4.46. The van der Waals surface area contributed by atoms with E-state index in [4.69, 9.17) is 0 Å². The number of aromatic nitrogens is 1. The van der Waals surface area contributed by atoms with Crippen molar-refractivity contribution in [2.24, 2.45) is 5.41 Å². The zero-order chi connectivity index (χ0) is 17.1. The van der Waals surface area contributed by atoms with Gasteiger partial charge in [0, 0.05) is 28.2 Å². The Morgan fingerprint density at radius 3 is 2.80 bits per heavy atom. The van der Waals surface area contributed by atoms with E-state index in [2.05, 4.69) is 71.6 Å². The van der Waals surface area contributed by atoms with Crippen molar-refractivity contribution in [1.82, 2.24) is 9.88 Å². The molecule has 0 saturated carbocycles. The fourth-order valence-electron chi connectivity index (χ4n) is 5.74. The molecule has 1 N–H and O–H groups in total. The molecule has 2 fully saturated rings. The third-order valence-electron chi connectivity index (χ3n) is 6.85. The lowest BCUT2D eigenvalue weighted by Gasteiger charge is -2.57. The van der Waals surface area contributed by atoms with E-state index in [1.165, 1.54) is 61.1 Å². The molecule has 2 aliphatic heterocycles. The molecule has 1 aromatic carbocycles. The standard InChI is InChI=1S/C21H28N2S2/c1-3-20-10-6-11-23(2)19(20)17-15-8-4-5-9-16(15)22-18(17)21(14-20)24-12-7-13-25-21/h4-5,8-9,19,22H,3,6-7,10-14H2,1-2H3/t19-,20+/m0/s1. The minimum Gasteiger partial charge on any atom is -0.356 e. The number of hydrogen-bond acceptors (Lipinski definition) is 3. The predicted octanol–water partition coefficient (Wildman–Crippen LogP) is 5.76. The monoisotopic (exact) mass is 372 g/mol. The Kier molecular flexibility index (Phi) is 3.96. The van der Waals surface area contributed by atoms with Gasteiger partial charge in [0.25, 0.3) is 0 Å². The van der Waals surface area contributed by atoms with Crippen LogP contribution in [0.4, 0.5) is 0 Å². The van der Waals surface area contributed by atoms with Crippen molar-refractivity contribution in [2.75, 3.05) is 25.1 Å². The van der Waals surface area contributed by atoms with Gasteiger partial charge in [0.15, 0.2) is 0 Å². The van der Waals surface area contributed by atoms with Gasteiger partial charge < -0.3 is 4.98 Å². The SMILES string of the molecule is CC[C@]12CCCN(C)[C@H]1c1c([nH]c3ccccc13)C1(C2)SCCCS1. The van der Waals surface area contributed by atoms with Crippen molar-refractivity contribution in [1.29, 1.82) is 0 Å². The van der Waals surface area contributed by atoms with Gasteiger partial charge in [-0.2, -0.15) is 0 Å². The van der Waals surface area contributed by atoms with Crippen LogP contribution in [0.25, 0.3) is 10.9 Å². The molecule has 134 valence electrons. The van der Waals surface area contributed by atoms with Gasteiger partial charge >= 0.3 is 0 Å². The molecule has 1 aliphatic carbocycles. The lowest BCUT2D eigenvalue weighted by atomic mass is 9.62. The number of rotatable bonds is 1. The highest BCUT2D eigenvalue weighted by Gasteiger charge is 2.56. The molecule has 1 spiro atoms. The number of nitrogens with one attached hydrogen (secondary N) is 1. The minimum atomic E-state index is 0.247. The number of fused-ring (bicyclic) bond motifs is 6. The number of benzene rings is 1. The molecule has 3 aliphatic rings. The molecular formula is C21H28N2S2. The number of H-pyrrole nitrogens is 1. The summed E-state index contributed by atoms with van der Waals surface area (Å²) in [6.45, 7) is 3.68. The number of para-hydroxylation sites is 1. The third-order valence-corrected chi connectivity index (χ3v) is 10.2. The van der Waals surface area contributed by atoms with Crippen molar-refractivity contribution in [3.63, 3.8) is 0 Å². The molecule has 5 rings (SSSR count). The molecular weight excluding hydrogens is 344 g/mol. The predicted molar refractivity (Wildman–Crippen MR) is 111 cm³/mol. The summed E-state index contributed by atoms with van der Waals surface area (Å²) in [6.07, 6.45) is 6.73. The molecule has 2 aromatic rings. The first-order valence-electron chi connectivity index (χ1n) is 9.78. The number of likely N-dealkylation sites (tertiary alicyclic amines) is 1. The van der Waals surface area contributed by atoms with E-state index in [0.29, 0.717) is 11.5 Å². The number of piperidine rings is 1. The summed E-state index contributed by atoms with van der Waals surface area (Å²) in [5.41, 5.74) is 4.95. The summed E-state index contributed by atoms with van der Waals surface area (Å²) in [5.74, 6) is 2.62. The third kappa shape index (κ3) is 2.30. The van der Waals surface area contributed by atoms with Crippen LogP contribution < -0.4 is 0 Å². The Hall–Kier alpha value is -0.580. The van der Waals surface area contributed by atoms with Gasteiger partial charge in [0.2, 0.25) is 0 Å². The fraction of sp³-hybridized carbons (Fsp3) is 0.619. The molecule has 4 heteroatoms. The maximum atomic E-state index is 3.90. The van der Waals surface area contributed by atoms with Crippen LogP contribution in [0.5, 0.6) is 0 Å². The second-order valence-electron chi connectivity index (χ2n) is 8.14. The van der Waals surface area contributed by atoms with Crippen LogP contribution in [0.3, 0.4) is 0 Å². The molecule has 0 bridgehead atoms. The average molecular weight is 373 g/mol. The summed E-state index contributed by atoms with van der Waals surface area (Å²) in [4.78, 5) is 6.57. The summed E-state index contributed by atoms with van der Waals surface area (Å²) in [6, 6.07) is 9.59. The molecule has 1 aromatic heterocycles. The lowest BCUT2D eigenvalue weighted by molar-refractivity contribution is 0.00658. The van der Waals surface area contributed by atoms with Crippen LogP contribution in [0.15, 0.2) is 24.3 Å². The first-order chi connectivity index (χ1) is 12.2. The van der Waals surface area contributed by atoms with E-state index in [1.54, 1.807) is 11.3 Å². The first kappa shape index (κ1) is 16.6. The summed E-state index contributed by atoms with van der Waals surface area (Å²) < 4.78 is 0.247. The zero-order valence-corrected chi connectivity index (χ0v) is 16.9. The molecule has 0 unspecified atom stereocenters. The lowest BCUT2D eigenvalue weighted by Crippen LogP contribution is -2.51. The number of hydrogen-bond donors (Lipinski definition) is 1. The van der Waals surface area contributed by atoms with E-state index in [0.717, 1.165) is 0 Å². The van der Waals surface area contributed by atoms with E-state index in [9.17, 15) is 0 Å². The van der Waals surface area contributed by atoms with Gasteiger partial charge in [0.05, 0.1) is 0 Å². The highest BCUT2D eigenvalue weighted by atomic mass is 32.2. The van der Waals surface area contributed by atoms with Crippen LogP contribution >= 0.6 is 23.5 Å². The largest absolute Gasteiger partial charge is 0.356 e. The van der Waals surface area contributed by atoms with Gasteiger partial charge in [-0.25, -0.2) is 0 Å². The molecule has 3 heterocycles. The van der Waals surface area contributed by atoms with Gasteiger partial charge in [-0.1, -0.05) is 25.1 Å². The number of nitrogens with zero attached hydrogens (tertiary/aromatic N) is 1. The Labute approximate surface area is 159 Å². The molecule has 0 amide bonds. The summed E-state index contributed by atoms with van der Waals surface area (Å²) in [5, 5.41) is 1.47. The first-order valence-corrected chi connectivity index (χ1v) is 11.8. The minimum absolute atomic E-state index is 0.247. The Morgan fingerprint density at radius 1 is 1.20 bits per heavy atom. The highest BCUT2D eigenvalue weighted by Crippen LogP contribution is 2.67.